The van der Waals surface area contributed by atoms with Crippen molar-refractivity contribution in [3.05, 3.63) is 0 Å². The van der Waals surface area contributed by atoms with Gasteiger partial charge in [0.15, 0.2) is 0 Å². The first kappa shape index (κ1) is 13.7. The van der Waals surface area contributed by atoms with Crippen LogP contribution in [0.4, 0.5) is 0 Å². The highest BCUT2D eigenvalue weighted by Crippen LogP contribution is 2.17. The Morgan fingerprint density at radius 1 is 0.933 bits per heavy atom. The largest absolute Gasteiger partial charge is 0.296 e. The fraction of sp³-hybridized carbons (Fsp3) is 1.00. The van der Waals surface area contributed by atoms with Gasteiger partial charge in [-0.25, -0.2) is 10.4 Å². The Morgan fingerprint density at radius 3 is 1.73 bits per heavy atom. The van der Waals surface area contributed by atoms with Gasteiger partial charge in [-0.15, -0.1) is 0 Å². The van der Waals surface area contributed by atoms with Crippen molar-refractivity contribution < 1.29 is 0 Å². The molecule has 15 heavy (non-hydrogen) atoms. The monoisotopic (exact) mass is 325 g/mol. The molecule has 0 unspecified atom stereocenters. The molecule has 90 valence electrons. The van der Waals surface area contributed by atoms with Gasteiger partial charge in [0.05, 0.1) is 3.55 Å². The fourth-order valence-corrected chi connectivity index (χ4v) is 2.21. The van der Waals surface area contributed by atoms with Gasteiger partial charge < -0.3 is 0 Å². The maximum atomic E-state index is 3.52. The Bertz CT molecular complexity index is 197. The molecule has 0 aromatic rings. The zero-order valence-corrected chi connectivity index (χ0v) is 12.8. The van der Waals surface area contributed by atoms with Gasteiger partial charge in [0, 0.05) is 31.7 Å². The summed E-state index contributed by atoms with van der Waals surface area (Å²) < 4.78 is 0.154. The molecule has 0 radical (unpaired) electrons. The molecule has 1 fully saturated rings. The van der Waals surface area contributed by atoms with Crippen LogP contribution in [0.3, 0.4) is 0 Å². The first-order valence-corrected chi connectivity index (χ1v) is 6.73. The van der Waals surface area contributed by atoms with Crippen LogP contribution < -0.4 is 5.43 Å². The zero-order chi connectivity index (χ0) is 11.7. The van der Waals surface area contributed by atoms with E-state index in [9.17, 15) is 0 Å². The minimum absolute atomic E-state index is 0.154. The Kier molecular flexibility index (Phi) is 4.43. The maximum absolute atomic E-state index is 3.52. The Labute approximate surface area is 108 Å². The molecular formula is C11H24IN3. The van der Waals surface area contributed by atoms with Crippen molar-refractivity contribution in [3.63, 3.8) is 0 Å². The molecule has 0 aliphatic carbocycles. The van der Waals surface area contributed by atoms with Crippen molar-refractivity contribution in [3.8, 4) is 0 Å². The van der Waals surface area contributed by atoms with Crippen molar-refractivity contribution in [2.75, 3.05) is 26.2 Å². The van der Waals surface area contributed by atoms with Gasteiger partial charge in [0.25, 0.3) is 0 Å². The van der Waals surface area contributed by atoms with Crippen LogP contribution in [-0.4, -0.2) is 45.2 Å². The van der Waals surface area contributed by atoms with Crippen LogP contribution in [0.25, 0.3) is 0 Å². The van der Waals surface area contributed by atoms with E-state index in [1.54, 1.807) is 0 Å². The Morgan fingerprint density at radius 2 is 1.40 bits per heavy atom. The summed E-state index contributed by atoms with van der Waals surface area (Å²) in [5.41, 5.74) is 3.83. The molecule has 0 saturated carbocycles. The molecule has 1 saturated heterocycles. The predicted octanol–water partition coefficient (Wildman–Crippen LogP) is 2.08. The van der Waals surface area contributed by atoms with Gasteiger partial charge in [0.2, 0.25) is 0 Å². The summed E-state index contributed by atoms with van der Waals surface area (Å²) in [7, 11) is 0. The van der Waals surface area contributed by atoms with Gasteiger partial charge >= 0.3 is 0 Å². The number of alkyl halides is 1. The molecule has 0 amide bonds. The first-order chi connectivity index (χ1) is 6.68. The molecule has 1 aliphatic heterocycles. The predicted molar refractivity (Wildman–Crippen MR) is 74.1 cm³/mol. The number of hydrogen-bond acceptors (Lipinski definition) is 3. The highest BCUT2D eigenvalue weighted by atomic mass is 127. The Balaban J connectivity index is 2.37. The lowest BCUT2D eigenvalue weighted by molar-refractivity contribution is 0.0304. The molecule has 1 heterocycles. The molecule has 1 aliphatic rings. The maximum Gasteiger partial charge on any atom is 0.0780 e. The van der Waals surface area contributed by atoms with Gasteiger partial charge in [-0.05, 0) is 34.6 Å². The minimum Gasteiger partial charge on any atom is -0.296 e. The lowest BCUT2D eigenvalue weighted by Crippen LogP contribution is -2.59. The van der Waals surface area contributed by atoms with Crippen molar-refractivity contribution in [1.82, 2.24) is 15.3 Å². The molecule has 3 nitrogen and oxygen atoms in total. The van der Waals surface area contributed by atoms with Crippen molar-refractivity contribution in [2.45, 2.75) is 43.7 Å². The van der Waals surface area contributed by atoms with Crippen LogP contribution in [0, 0.1) is 0 Å². The molecular weight excluding hydrogens is 301 g/mol. The van der Waals surface area contributed by atoms with E-state index in [0.29, 0.717) is 5.54 Å². The van der Waals surface area contributed by atoms with Gasteiger partial charge in [0.1, 0.15) is 0 Å². The van der Waals surface area contributed by atoms with E-state index in [0.717, 1.165) is 26.2 Å². The fourth-order valence-electron chi connectivity index (χ4n) is 1.87. The smallest absolute Gasteiger partial charge is 0.0780 e. The van der Waals surface area contributed by atoms with E-state index in [1.165, 1.54) is 0 Å². The van der Waals surface area contributed by atoms with E-state index < -0.39 is 0 Å². The quantitative estimate of drug-likeness (QED) is 0.476. The second-order valence-corrected chi connectivity index (χ2v) is 8.43. The van der Waals surface area contributed by atoms with Crippen LogP contribution in [0.5, 0.6) is 0 Å². The number of piperazine rings is 1. The third kappa shape index (κ3) is 4.97. The number of nitrogens with one attached hydrogen (secondary N) is 1. The van der Waals surface area contributed by atoms with Gasteiger partial charge in [-0.2, -0.15) is 0 Å². The zero-order valence-electron chi connectivity index (χ0n) is 10.6. The summed E-state index contributed by atoms with van der Waals surface area (Å²) in [6.45, 7) is 15.8. The van der Waals surface area contributed by atoms with Crippen LogP contribution in [0.15, 0.2) is 0 Å². The third-order valence-corrected chi connectivity index (χ3v) is 2.89. The number of nitrogens with zero attached hydrogens (tertiary/aromatic N) is 2. The second kappa shape index (κ2) is 4.85. The molecule has 0 aromatic carbocycles. The third-order valence-electron chi connectivity index (χ3n) is 2.65. The summed E-state index contributed by atoms with van der Waals surface area (Å²) in [4.78, 5) is 2.55. The number of rotatable bonds is 2. The van der Waals surface area contributed by atoms with Crippen LogP contribution in [-0.2, 0) is 0 Å². The molecule has 4 heteroatoms. The molecule has 1 rings (SSSR count). The van der Waals surface area contributed by atoms with Crippen molar-refractivity contribution in [2.24, 2.45) is 0 Å². The summed E-state index contributed by atoms with van der Waals surface area (Å²) in [5.74, 6) is 0. The van der Waals surface area contributed by atoms with Crippen LogP contribution >= 0.6 is 22.6 Å². The van der Waals surface area contributed by atoms with E-state index in [2.05, 4.69) is 72.5 Å². The summed E-state index contributed by atoms with van der Waals surface area (Å²) in [5, 5.41) is 2.34. The number of hydrogen-bond donors (Lipinski definition) is 1. The standard InChI is InChI=1S/C11H24IN3/c1-10(2,3)14-6-8-15(9-7-14)13-11(4,5)12/h13H,6-9H2,1-5H3. The first-order valence-electron chi connectivity index (χ1n) is 5.65. The summed E-state index contributed by atoms with van der Waals surface area (Å²) in [6, 6.07) is 0. The SMILES string of the molecule is CC(C)(I)NN1CCN(C(C)(C)C)CC1. The van der Waals surface area contributed by atoms with Crippen LogP contribution in [0.2, 0.25) is 0 Å². The Hall–Kier alpha value is 0.610. The molecule has 0 aromatic heterocycles. The average Bonchev–Trinajstić information content (AvgIpc) is 2.00. The summed E-state index contributed by atoms with van der Waals surface area (Å²) >= 11 is 2.43. The minimum atomic E-state index is 0.154. The van der Waals surface area contributed by atoms with Crippen LogP contribution in [0.1, 0.15) is 34.6 Å². The highest BCUT2D eigenvalue weighted by Gasteiger charge is 2.27. The average molecular weight is 325 g/mol. The van der Waals surface area contributed by atoms with Gasteiger partial charge in [-0.3, -0.25) is 4.90 Å². The highest BCUT2D eigenvalue weighted by molar-refractivity contribution is 14.1. The number of halogens is 1. The normalized spacial score (nSPS) is 22.0. The number of hydrazine groups is 1. The van der Waals surface area contributed by atoms with E-state index >= 15 is 0 Å². The van der Waals surface area contributed by atoms with E-state index in [4.69, 9.17) is 0 Å². The molecule has 0 atom stereocenters. The molecule has 0 spiro atoms. The topological polar surface area (TPSA) is 18.5 Å². The van der Waals surface area contributed by atoms with Crippen molar-refractivity contribution >= 4 is 22.6 Å². The molecule has 0 bridgehead atoms. The molecule has 1 N–H and O–H groups in total. The lowest BCUT2D eigenvalue weighted by Gasteiger charge is -2.43. The summed E-state index contributed by atoms with van der Waals surface area (Å²) in [6.07, 6.45) is 0. The van der Waals surface area contributed by atoms with Crippen molar-refractivity contribution in [1.29, 1.82) is 0 Å². The lowest BCUT2D eigenvalue weighted by atomic mass is 10.1. The van der Waals surface area contributed by atoms with Gasteiger partial charge in [-0.1, -0.05) is 22.6 Å². The van der Waals surface area contributed by atoms with E-state index in [1.807, 2.05) is 0 Å². The van der Waals surface area contributed by atoms with E-state index in [-0.39, 0.29) is 3.55 Å². The second-order valence-electron chi connectivity index (χ2n) is 5.73.